The predicted molar refractivity (Wildman–Crippen MR) is 205 cm³/mol. The van der Waals surface area contributed by atoms with Crippen molar-refractivity contribution in [3.05, 3.63) is 120 Å². The molecule has 1 aromatic heterocycles. The van der Waals surface area contributed by atoms with E-state index in [1.165, 1.54) is 32.1 Å². The minimum atomic E-state index is -0.277. The Labute approximate surface area is 299 Å². The third kappa shape index (κ3) is 14.0. The van der Waals surface area contributed by atoms with Crippen LogP contribution in [0.25, 0.3) is 18.2 Å². The number of hydrogen-bond acceptors (Lipinski definition) is 8. The number of rotatable bonds is 19. The number of aromatic nitrogens is 1. The van der Waals surface area contributed by atoms with Crippen molar-refractivity contribution in [1.82, 2.24) is 0 Å². The molecule has 1 N–H and O–H groups in total. The van der Waals surface area contributed by atoms with Gasteiger partial charge in [0.2, 0.25) is 0 Å². The summed E-state index contributed by atoms with van der Waals surface area (Å²) >= 11 is 0. The van der Waals surface area contributed by atoms with Gasteiger partial charge in [0.25, 0.3) is 0 Å². The normalized spacial score (nSPS) is 14.0. The minimum absolute atomic E-state index is 0.191. The van der Waals surface area contributed by atoms with Crippen LogP contribution < -0.4 is 19.3 Å². The second-order valence-electron chi connectivity index (χ2n) is 11.9. The quantitative estimate of drug-likeness (QED) is 0.0768. The number of aryl methyl sites for hydroxylation is 1. The van der Waals surface area contributed by atoms with Gasteiger partial charge in [-0.25, -0.2) is 4.57 Å². The van der Waals surface area contributed by atoms with E-state index < -0.39 is 0 Å². The van der Waals surface area contributed by atoms with Crippen LogP contribution in [0, 0.1) is 0 Å². The predicted octanol–water partition coefficient (Wildman–Crippen LogP) is 5.44. The highest BCUT2D eigenvalue weighted by atomic mass is 33.1. The molecule has 2 heterocycles. The molecule has 0 saturated carbocycles. The number of esters is 2. The fraction of sp³-hybridized carbons (Fsp3) is 0.308. The fourth-order valence-electron chi connectivity index (χ4n) is 4.88. The summed E-state index contributed by atoms with van der Waals surface area (Å²) in [7, 11) is 10.8. The lowest BCUT2D eigenvalue weighted by atomic mass is 10.1. The molecule has 1 aliphatic heterocycles. The van der Waals surface area contributed by atoms with E-state index in [1.807, 2.05) is 38.1 Å². The van der Waals surface area contributed by atoms with Gasteiger partial charge in [0.15, 0.2) is 12.4 Å². The summed E-state index contributed by atoms with van der Waals surface area (Å²) in [6.45, 7) is 2.26. The van der Waals surface area contributed by atoms with Crippen LogP contribution in [-0.4, -0.2) is 70.9 Å². The summed E-state index contributed by atoms with van der Waals surface area (Å²) in [4.78, 5) is 29.8. The zero-order valence-corrected chi connectivity index (χ0v) is 30.6. The second-order valence-corrected chi connectivity index (χ2v) is 14.3. The first-order valence-corrected chi connectivity index (χ1v) is 19.0. The molecule has 1 aliphatic rings. The molecule has 0 radical (unpaired) electrons. The number of quaternary nitrogens is 1. The van der Waals surface area contributed by atoms with Gasteiger partial charge in [-0.1, -0.05) is 64.1 Å². The molecule has 0 amide bonds. The number of ether oxygens (including phenoxy) is 2. The van der Waals surface area contributed by atoms with Crippen molar-refractivity contribution in [3.8, 4) is 0 Å². The Morgan fingerprint density at radius 1 is 0.714 bits per heavy atom. The lowest BCUT2D eigenvalue weighted by Crippen LogP contribution is -2.98. The molecule has 3 aromatic rings. The molecule has 4 rings (SSSR count). The second kappa shape index (κ2) is 20.3. The van der Waals surface area contributed by atoms with Crippen LogP contribution in [0.5, 0.6) is 0 Å². The molecule has 2 aromatic carbocycles. The van der Waals surface area contributed by atoms with Crippen LogP contribution in [0.2, 0.25) is 0 Å². The minimum Gasteiger partial charge on any atom is -0.465 e. The van der Waals surface area contributed by atoms with Crippen molar-refractivity contribution < 1.29 is 28.5 Å². The molecule has 258 valence electrons. The topological polar surface area (TPSA) is 67.4 Å². The largest absolute Gasteiger partial charge is 0.465 e. The number of carbonyl (C=O) groups excluding carboxylic acids is 2. The van der Waals surface area contributed by atoms with Crippen LogP contribution in [0.15, 0.2) is 103 Å². The van der Waals surface area contributed by atoms with E-state index in [0.29, 0.717) is 13.2 Å². The third-order valence-electron chi connectivity index (χ3n) is 7.78. The number of benzene rings is 2. The fourth-order valence-corrected chi connectivity index (χ4v) is 6.48. The van der Waals surface area contributed by atoms with Gasteiger partial charge in [-0.15, -0.1) is 0 Å². The summed E-state index contributed by atoms with van der Waals surface area (Å²) in [5, 5.41) is 0. The SMILES string of the molecule is CN(CCCOC(=O)CSSCC(=O)OCCCN(C)c1ccc(/C=C/c2cc[n+](C)cc2)cc1)c1ccc(/C=C/C2=C[NH+](C)C=C2)cc1. The summed E-state index contributed by atoms with van der Waals surface area (Å²) in [5.41, 5.74) is 6.88. The number of carbonyl (C=O) groups is 2. The Bertz CT molecular complexity index is 1600. The summed E-state index contributed by atoms with van der Waals surface area (Å²) in [6, 6.07) is 21.0. The number of nitrogens with zero attached hydrogens (tertiary/aromatic N) is 3. The van der Waals surface area contributed by atoms with Crippen molar-refractivity contribution in [2.45, 2.75) is 12.8 Å². The number of anilines is 2. The van der Waals surface area contributed by atoms with Gasteiger partial charge < -0.3 is 19.3 Å². The van der Waals surface area contributed by atoms with E-state index in [0.717, 1.165) is 54.0 Å². The summed E-state index contributed by atoms with van der Waals surface area (Å²) in [6.07, 6.45) is 20.4. The lowest BCUT2D eigenvalue weighted by molar-refractivity contribution is -0.763. The first-order chi connectivity index (χ1) is 23.7. The van der Waals surface area contributed by atoms with Gasteiger partial charge >= 0.3 is 11.9 Å². The van der Waals surface area contributed by atoms with Crippen LogP contribution in [0.4, 0.5) is 11.4 Å². The van der Waals surface area contributed by atoms with E-state index in [4.69, 9.17) is 9.47 Å². The standard InChI is InChI=1S/C39H47N4O4S2/c1-40-24-19-34(20-25-40)8-7-32-11-15-36(16-12-32)42(3)22-5-27-46-38(44)30-48-49-31-39(45)47-28-6-23-43(4)37-17-13-33(14-18-37)9-10-35-21-26-41(2)29-35/h7-21,24-26,29H,5-6,22-23,27-28,30-31H2,1-4H3/q+1/p+1/b10-9+. The van der Waals surface area contributed by atoms with Gasteiger partial charge in [-0.2, -0.15) is 0 Å². The van der Waals surface area contributed by atoms with Crippen LogP contribution >= 0.6 is 21.6 Å². The highest BCUT2D eigenvalue weighted by Crippen LogP contribution is 2.22. The summed E-state index contributed by atoms with van der Waals surface area (Å²) in [5.74, 6) is -0.169. The Balaban J connectivity index is 0.994. The Morgan fingerprint density at radius 3 is 1.61 bits per heavy atom. The molecule has 0 saturated heterocycles. The van der Waals surface area contributed by atoms with E-state index in [-0.39, 0.29) is 23.4 Å². The van der Waals surface area contributed by atoms with Gasteiger partial charge in [-0.3, -0.25) is 14.5 Å². The van der Waals surface area contributed by atoms with Gasteiger partial charge in [0, 0.05) is 62.3 Å². The zero-order chi connectivity index (χ0) is 34.8. The molecule has 0 bridgehead atoms. The molecule has 8 nitrogen and oxygen atoms in total. The van der Waals surface area contributed by atoms with Gasteiger partial charge in [-0.05, 0) is 59.9 Å². The molecule has 1 atom stereocenters. The van der Waals surface area contributed by atoms with E-state index in [2.05, 4.69) is 120 Å². The number of hydrogen-bond donors (Lipinski definition) is 1. The van der Waals surface area contributed by atoms with Crippen LogP contribution in [-0.2, 0) is 26.1 Å². The molecule has 1 unspecified atom stereocenters. The third-order valence-corrected chi connectivity index (χ3v) is 9.86. The first-order valence-electron chi connectivity index (χ1n) is 16.5. The molecule has 0 fully saturated rings. The average Bonchev–Trinajstić information content (AvgIpc) is 3.54. The van der Waals surface area contributed by atoms with Crippen molar-refractivity contribution >= 4 is 63.1 Å². The molecule has 0 aliphatic carbocycles. The van der Waals surface area contributed by atoms with Crippen LogP contribution in [0.3, 0.4) is 0 Å². The van der Waals surface area contributed by atoms with Crippen molar-refractivity contribution in [1.29, 1.82) is 0 Å². The number of nitrogens with one attached hydrogen (secondary N) is 1. The highest BCUT2D eigenvalue weighted by molar-refractivity contribution is 8.77. The van der Waals surface area contributed by atoms with E-state index >= 15 is 0 Å². The first kappa shape index (κ1) is 37.6. The Hall–Kier alpha value is -4.25. The molecular formula is C39H48N4O4S2+2. The van der Waals surface area contributed by atoms with Crippen LogP contribution in [0.1, 0.15) is 29.5 Å². The van der Waals surface area contributed by atoms with Crippen molar-refractivity contribution in [3.63, 3.8) is 0 Å². The Morgan fingerprint density at radius 2 is 1.16 bits per heavy atom. The Kier molecular flexibility index (Phi) is 15.6. The zero-order valence-electron chi connectivity index (χ0n) is 28.9. The van der Waals surface area contributed by atoms with Crippen molar-refractivity contribution in [2.24, 2.45) is 7.05 Å². The maximum absolute atomic E-state index is 12.1. The van der Waals surface area contributed by atoms with Gasteiger partial charge in [0.1, 0.15) is 24.8 Å². The van der Waals surface area contributed by atoms with Gasteiger partial charge in [0.05, 0.1) is 26.5 Å². The molecule has 10 heteroatoms. The average molecular weight is 701 g/mol. The lowest BCUT2D eigenvalue weighted by Gasteiger charge is -2.19. The van der Waals surface area contributed by atoms with Crippen molar-refractivity contribution in [2.75, 3.05) is 68.8 Å². The maximum atomic E-state index is 12.1. The number of pyridine rings is 1. The maximum Gasteiger partial charge on any atom is 0.316 e. The van der Waals surface area contributed by atoms with E-state index in [9.17, 15) is 9.59 Å². The summed E-state index contributed by atoms with van der Waals surface area (Å²) < 4.78 is 12.8. The number of allylic oxidation sites excluding steroid dienone is 3. The molecule has 0 spiro atoms. The monoisotopic (exact) mass is 700 g/mol. The molecule has 49 heavy (non-hydrogen) atoms. The highest BCUT2D eigenvalue weighted by Gasteiger charge is 2.09. The smallest absolute Gasteiger partial charge is 0.316 e. The molecular weight excluding hydrogens is 653 g/mol. The van der Waals surface area contributed by atoms with E-state index in [1.54, 1.807) is 0 Å².